The van der Waals surface area contributed by atoms with Crippen molar-refractivity contribution in [3.8, 4) is 12.1 Å². The van der Waals surface area contributed by atoms with Gasteiger partial charge in [-0.2, -0.15) is 10.2 Å². The highest BCUT2D eigenvalue weighted by Crippen LogP contribution is 2.26. The largest absolute Gasteiger partial charge is 0.459 e. The Morgan fingerprint density at radius 1 is 1.19 bits per heavy atom. The number of fused-ring (bicyclic) bond motifs is 1. The van der Waals surface area contributed by atoms with Crippen LogP contribution < -0.4 is 4.74 Å². The molecule has 1 fully saturated rings. The fraction of sp³-hybridized carbons (Fsp3) is 0.400. The second-order valence-corrected chi connectivity index (χ2v) is 9.05. The molecule has 3 aromatic rings. The van der Waals surface area contributed by atoms with Crippen LogP contribution in [0.3, 0.4) is 0 Å². The fourth-order valence-corrected chi connectivity index (χ4v) is 3.91. The van der Waals surface area contributed by atoms with Crippen molar-refractivity contribution in [1.29, 1.82) is 5.26 Å². The molecule has 7 nitrogen and oxygen atoms in total. The van der Waals surface area contributed by atoms with Crippen molar-refractivity contribution in [3.05, 3.63) is 59.7 Å². The molecule has 1 atom stereocenters. The fourth-order valence-electron chi connectivity index (χ4n) is 3.91. The number of nitrogens with zero attached hydrogens (tertiary/aromatic N) is 4. The van der Waals surface area contributed by atoms with Crippen molar-refractivity contribution in [2.45, 2.75) is 51.9 Å². The van der Waals surface area contributed by atoms with Gasteiger partial charge in [-0.05, 0) is 57.4 Å². The van der Waals surface area contributed by atoms with Gasteiger partial charge in [-0.25, -0.2) is 4.79 Å². The van der Waals surface area contributed by atoms with E-state index < -0.39 is 5.60 Å². The van der Waals surface area contributed by atoms with Gasteiger partial charge in [0.05, 0.1) is 35.8 Å². The van der Waals surface area contributed by atoms with Gasteiger partial charge in [0.15, 0.2) is 0 Å². The number of aromatic nitrogens is 2. The summed E-state index contributed by atoms with van der Waals surface area (Å²) in [6.45, 7) is 7.18. The van der Waals surface area contributed by atoms with Gasteiger partial charge in [-0.1, -0.05) is 30.3 Å². The summed E-state index contributed by atoms with van der Waals surface area (Å²) in [5.41, 5.74) is 2.77. The van der Waals surface area contributed by atoms with Gasteiger partial charge in [0.25, 0.3) is 6.01 Å². The van der Waals surface area contributed by atoms with Crippen molar-refractivity contribution < 1.29 is 14.3 Å². The van der Waals surface area contributed by atoms with Crippen molar-refractivity contribution in [3.63, 3.8) is 0 Å². The SMILES string of the molecule is CC(C)(C)OC(=O)N1CCCC(Oc2nc3ccccc3n2Cc2ccccc2C#N)C1. The molecule has 1 saturated heterocycles. The number of hydrogen-bond acceptors (Lipinski definition) is 5. The highest BCUT2D eigenvalue weighted by Gasteiger charge is 2.29. The van der Waals surface area contributed by atoms with Crippen molar-refractivity contribution in [2.75, 3.05) is 13.1 Å². The molecule has 166 valence electrons. The number of benzene rings is 2. The molecule has 4 rings (SSSR count). The number of carbonyl (C=O) groups excluding carboxylic acids is 1. The zero-order valence-corrected chi connectivity index (χ0v) is 18.7. The molecule has 0 bridgehead atoms. The molecule has 2 aromatic carbocycles. The Balaban J connectivity index is 1.59. The molecule has 0 spiro atoms. The number of nitriles is 1. The number of hydrogen-bond donors (Lipinski definition) is 0. The lowest BCUT2D eigenvalue weighted by atomic mass is 10.1. The van der Waals surface area contributed by atoms with Crippen LogP contribution in [0.2, 0.25) is 0 Å². The summed E-state index contributed by atoms with van der Waals surface area (Å²) in [7, 11) is 0. The summed E-state index contributed by atoms with van der Waals surface area (Å²) in [6, 6.07) is 18.2. The van der Waals surface area contributed by atoms with Crippen LogP contribution in [0.25, 0.3) is 11.0 Å². The van der Waals surface area contributed by atoms with E-state index in [0.29, 0.717) is 31.2 Å². The molecule has 1 aliphatic heterocycles. The molecule has 2 heterocycles. The summed E-state index contributed by atoms with van der Waals surface area (Å²) >= 11 is 0. The van der Waals surface area contributed by atoms with Crippen LogP contribution >= 0.6 is 0 Å². The minimum atomic E-state index is -0.535. The number of carbonyl (C=O) groups is 1. The average molecular weight is 433 g/mol. The van der Waals surface area contributed by atoms with E-state index in [1.54, 1.807) is 4.90 Å². The molecule has 1 amide bonds. The topological polar surface area (TPSA) is 80.4 Å². The van der Waals surface area contributed by atoms with E-state index in [1.807, 2.05) is 73.9 Å². The first-order chi connectivity index (χ1) is 15.3. The van der Waals surface area contributed by atoms with Gasteiger partial charge < -0.3 is 14.4 Å². The molecule has 7 heteroatoms. The lowest BCUT2D eigenvalue weighted by Gasteiger charge is -2.34. The molecule has 1 aliphatic rings. The van der Waals surface area contributed by atoms with Gasteiger partial charge in [0.1, 0.15) is 11.7 Å². The monoisotopic (exact) mass is 432 g/mol. The lowest BCUT2D eigenvalue weighted by Crippen LogP contribution is -2.46. The first-order valence-corrected chi connectivity index (χ1v) is 10.9. The number of ether oxygens (including phenoxy) is 2. The lowest BCUT2D eigenvalue weighted by molar-refractivity contribution is 0.00626. The molecule has 0 saturated carbocycles. The van der Waals surface area contributed by atoms with Crippen molar-refractivity contribution >= 4 is 17.1 Å². The number of para-hydroxylation sites is 2. The zero-order chi connectivity index (χ0) is 22.7. The number of rotatable bonds is 4. The Hall–Kier alpha value is -3.53. The Bertz CT molecular complexity index is 1160. The second kappa shape index (κ2) is 8.91. The van der Waals surface area contributed by atoms with Gasteiger partial charge in [0.2, 0.25) is 0 Å². The predicted octanol–water partition coefficient (Wildman–Crippen LogP) is 4.73. The molecule has 1 aromatic heterocycles. The molecular weight excluding hydrogens is 404 g/mol. The molecule has 1 unspecified atom stereocenters. The highest BCUT2D eigenvalue weighted by atomic mass is 16.6. The van der Waals surface area contributed by atoms with Crippen LogP contribution in [0.5, 0.6) is 6.01 Å². The molecular formula is C25H28N4O3. The summed E-state index contributed by atoms with van der Waals surface area (Å²) < 4.78 is 13.9. The van der Waals surface area contributed by atoms with E-state index in [-0.39, 0.29) is 12.2 Å². The van der Waals surface area contributed by atoms with Crippen LogP contribution in [-0.4, -0.2) is 45.3 Å². The van der Waals surface area contributed by atoms with Crippen molar-refractivity contribution in [2.24, 2.45) is 0 Å². The number of amides is 1. The number of imidazole rings is 1. The maximum Gasteiger partial charge on any atom is 0.410 e. The van der Waals surface area contributed by atoms with Gasteiger partial charge in [-0.3, -0.25) is 4.57 Å². The van der Waals surface area contributed by atoms with Crippen LogP contribution in [0.4, 0.5) is 4.79 Å². The average Bonchev–Trinajstić information content (AvgIpc) is 3.10. The summed E-state index contributed by atoms with van der Waals surface area (Å²) in [5, 5.41) is 9.50. The standard InChI is InChI=1S/C25H28N4O3/c1-25(2,3)32-24(30)28-14-8-11-20(17-28)31-23-27-21-12-6-7-13-22(21)29(23)16-19-10-5-4-9-18(19)15-26/h4-7,9-10,12-13,20H,8,11,14,16-17H2,1-3H3. The number of piperidine rings is 1. The third kappa shape index (κ3) is 4.86. The molecule has 0 N–H and O–H groups in total. The highest BCUT2D eigenvalue weighted by molar-refractivity contribution is 5.76. The van der Waals surface area contributed by atoms with Crippen LogP contribution in [-0.2, 0) is 11.3 Å². The van der Waals surface area contributed by atoms with Crippen LogP contribution in [0.1, 0.15) is 44.7 Å². The van der Waals surface area contributed by atoms with Gasteiger partial charge in [-0.15, -0.1) is 0 Å². The summed E-state index contributed by atoms with van der Waals surface area (Å²) in [4.78, 5) is 18.9. The summed E-state index contributed by atoms with van der Waals surface area (Å²) in [6.07, 6.45) is 1.17. The van der Waals surface area contributed by atoms with Crippen LogP contribution in [0, 0.1) is 11.3 Å². The van der Waals surface area contributed by atoms with Gasteiger partial charge >= 0.3 is 6.09 Å². The van der Waals surface area contributed by atoms with E-state index in [0.717, 1.165) is 29.4 Å². The Kier molecular flexibility index (Phi) is 6.04. The molecule has 32 heavy (non-hydrogen) atoms. The first-order valence-electron chi connectivity index (χ1n) is 10.9. The Morgan fingerprint density at radius 2 is 1.94 bits per heavy atom. The quantitative estimate of drug-likeness (QED) is 0.595. The third-order valence-electron chi connectivity index (χ3n) is 5.39. The number of likely N-dealkylation sites (tertiary alicyclic amines) is 1. The van der Waals surface area contributed by atoms with Crippen molar-refractivity contribution in [1.82, 2.24) is 14.5 Å². The summed E-state index contributed by atoms with van der Waals surface area (Å²) in [5.74, 6) is 0. The molecule has 0 radical (unpaired) electrons. The van der Waals surface area contributed by atoms with Gasteiger partial charge in [0, 0.05) is 6.54 Å². The van der Waals surface area contributed by atoms with E-state index >= 15 is 0 Å². The molecule has 0 aliphatic carbocycles. The maximum atomic E-state index is 12.5. The minimum absolute atomic E-state index is 0.182. The predicted molar refractivity (Wildman–Crippen MR) is 121 cm³/mol. The van der Waals surface area contributed by atoms with E-state index in [1.165, 1.54) is 0 Å². The minimum Gasteiger partial charge on any atom is -0.459 e. The van der Waals surface area contributed by atoms with E-state index in [9.17, 15) is 10.1 Å². The first kappa shape index (κ1) is 21.7. The second-order valence-electron chi connectivity index (χ2n) is 9.05. The zero-order valence-electron chi connectivity index (χ0n) is 18.7. The maximum absolute atomic E-state index is 12.5. The Morgan fingerprint density at radius 3 is 2.72 bits per heavy atom. The van der Waals surface area contributed by atoms with E-state index in [4.69, 9.17) is 14.5 Å². The van der Waals surface area contributed by atoms with E-state index in [2.05, 4.69) is 6.07 Å². The smallest absolute Gasteiger partial charge is 0.410 e. The Labute approximate surface area is 188 Å². The van der Waals surface area contributed by atoms with Crippen LogP contribution in [0.15, 0.2) is 48.5 Å². The normalized spacial score (nSPS) is 16.6. The third-order valence-corrected chi connectivity index (χ3v) is 5.39.